The number of aryl methyl sites for hydroxylation is 1. The molecule has 1 aromatic carbocycles. The molecule has 2 heterocycles. The van der Waals surface area contributed by atoms with E-state index in [0.717, 1.165) is 0 Å². The summed E-state index contributed by atoms with van der Waals surface area (Å²) in [4.78, 5) is 16.9. The normalized spacial score (nSPS) is 11.1. The molecule has 1 amide bonds. The third-order valence-corrected chi connectivity index (χ3v) is 4.00. The van der Waals surface area contributed by atoms with Crippen LogP contribution in [-0.2, 0) is 0 Å². The van der Waals surface area contributed by atoms with Gasteiger partial charge in [0.15, 0.2) is 0 Å². The van der Waals surface area contributed by atoms with E-state index in [1.165, 1.54) is 6.21 Å². The molecule has 3 aromatic rings. The van der Waals surface area contributed by atoms with Crippen molar-refractivity contribution < 1.29 is 14.3 Å². The number of fused-ring (bicyclic) bond motifs is 1. The number of hydrogen-bond acceptors (Lipinski definition) is 5. The molecule has 0 saturated heterocycles. The van der Waals surface area contributed by atoms with E-state index in [9.17, 15) is 4.79 Å². The van der Waals surface area contributed by atoms with Gasteiger partial charge in [0, 0.05) is 11.8 Å². The van der Waals surface area contributed by atoms with E-state index >= 15 is 0 Å². The average Bonchev–Trinajstić information content (AvgIpc) is 2.96. The topological polar surface area (TPSA) is 77.2 Å². The van der Waals surface area contributed by atoms with Crippen molar-refractivity contribution in [3.63, 3.8) is 0 Å². The fraction of sp³-hybridized carbons (Fsp3) is 0.167. The minimum atomic E-state index is -0.393. The molecule has 0 radical (unpaired) electrons. The zero-order valence-electron chi connectivity index (χ0n) is 14.5. The molecule has 8 heteroatoms. The first-order chi connectivity index (χ1) is 12.5. The van der Waals surface area contributed by atoms with E-state index in [4.69, 9.17) is 21.1 Å². The predicted molar refractivity (Wildman–Crippen MR) is 99.5 cm³/mol. The highest BCUT2D eigenvalue weighted by atomic mass is 35.5. The molecule has 0 aliphatic carbocycles. The third kappa shape index (κ3) is 3.48. The van der Waals surface area contributed by atoms with Crippen molar-refractivity contribution in [1.82, 2.24) is 14.8 Å². The highest BCUT2D eigenvalue weighted by Gasteiger charge is 2.16. The SMILES string of the molecule is COc1ccc(OC)c(/C=N\NC(=O)c2c(C)nc3ccc(Cl)cn23)c1. The van der Waals surface area contributed by atoms with E-state index in [0.29, 0.717) is 39.1 Å². The van der Waals surface area contributed by atoms with Gasteiger partial charge in [-0.25, -0.2) is 10.4 Å². The van der Waals surface area contributed by atoms with Gasteiger partial charge in [-0.2, -0.15) is 5.10 Å². The van der Waals surface area contributed by atoms with E-state index in [-0.39, 0.29) is 0 Å². The summed E-state index contributed by atoms with van der Waals surface area (Å²) in [5.41, 5.74) is 4.77. The predicted octanol–water partition coefficient (Wildman–Crippen LogP) is 3.08. The number of nitrogens with one attached hydrogen (secondary N) is 1. The number of methoxy groups -OCH3 is 2. The Morgan fingerprint density at radius 3 is 2.81 bits per heavy atom. The van der Waals surface area contributed by atoms with Crippen LogP contribution in [0.25, 0.3) is 5.65 Å². The number of carbonyl (C=O) groups excluding carboxylic acids is 1. The molecule has 0 fully saturated rings. The maximum absolute atomic E-state index is 12.5. The molecule has 0 aliphatic rings. The molecule has 0 spiro atoms. The van der Waals surface area contributed by atoms with Crippen LogP contribution < -0.4 is 14.9 Å². The summed E-state index contributed by atoms with van der Waals surface area (Å²) in [5.74, 6) is 0.878. The molecule has 0 bridgehead atoms. The van der Waals surface area contributed by atoms with Gasteiger partial charge in [-0.3, -0.25) is 9.20 Å². The molecule has 134 valence electrons. The Balaban J connectivity index is 1.85. The molecular formula is C18H17ClN4O3. The zero-order valence-corrected chi connectivity index (χ0v) is 15.2. The van der Waals surface area contributed by atoms with Gasteiger partial charge >= 0.3 is 0 Å². The van der Waals surface area contributed by atoms with Crippen molar-refractivity contribution in [1.29, 1.82) is 0 Å². The lowest BCUT2D eigenvalue weighted by molar-refractivity contribution is 0.0948. The fourth-order valence-electron chi connectivity index (χ4n) is 2.56. The lowest BCUT2D eigenvalue weighted by atomic mass is 10.2. The maximum Gasteiger partial charge on any atom is 0.290 e. The number of pyridine rings is 1. The van der Waals surface area contributed by atoms with Gasteiger partial charge in [0.25, 0.3) is 5.91 Å². The minimum absolute atomic E-state index is 0.372. The van der Waals surface area contributed by atoms with Crippen LogP contribution >= 0.6 is 11.6 Å². The first-order valence-corrected chi connectivity index (χ1v) is 8.11. The van der Waals surface area contributed by atoms with E-state index in [1.54, 1.807) is 62.1 Å². The lowest BCUT2D eigenvalue weighted by Crippen LogP contribution is -2.20. The minimum Gasteiger partial charge on any atom is -0.497 e. The summed E-state index contributed by atoms with van der Waals surface area (Å²) in [6.07, 6.45) is 3.13. The van der Waals surface area contributed by atoms with Gasteiger partial charge in [-0.1, -0.05) is 11.6 Å². The Labute approximate surface area is 155 Å². The van der Waals surface area contributed by atoms with Crippen molar-refractivity contribution in [2.24, 2.45) is 5.10 Å². The number of benzene rings is 1. The Morgan fingerprint density at radius 2 is 2.08 bits per heavy atom. The van der Waals surface area contributed by atoms with Gasteiger partial charge < -0.3 is 9.47 Å². The molecular weight excluding hydrogens is 356 g/mol. The number of ether oxygens (including phenoxy) is 2. The Kier molecular flexibility index (Phi) is 5.09. The summed E-state index contributed by atoms with van der Waals surface area (Å²) in [6.45, 7) is 1.75. The number of carbonyl (C=O) groups is 1. The molecule has 26 heavy (non-hydrogen) atoms. The van der Waals surface area contributed by atoms with Crippen molar-refractivity contribution in [3.05, 3.63) is 58.5 Å². The number of rotatable bonds is 5. The molecule has 0 atom stereocenters. The number of halogens is 1. The van der Waals surface area contributed by atoms with Crippen molar-refractivity contribution >= 4 is 29.4 Å². The second kappa shape index (κ2) is 7.45. The summed E-state index contributed by atoms with van der Waals surface area (Å²) >= 11 is 6.02. The summed E-state index contributed by atoms with van der Waals surface area (Å²) in [7, 11) is 3.13. The highest BCUT2D eigenvalue weighted by molar-refractivity contribution is 6.30. The van der Waals surface area contributed by atoms with Crippen LogP contribution in [0, 0.1) is 6.92 Å². The zero-order chi connectivity index (χ0) is 18.7. The molecule has 0 aliphatic heterocycles. The van der Waals surface area contributed by atoms with Crippen LogP contribution in [0.5, 0.6) is 11.5 Å². The Bertz CT molecular complexity index is 998. The second-order valence-electron chi connectivity index (χ2n) is 5.43. The average molecular weight is 373 g/mol. The number of amides is 1. The van der Waals surface area contributed by atoms with Gasteiger partial charge in [0.1, 0.15) is 22.8 Å². The smallest absolute Gasteiger partial charge is 0.290 e. The van der Waals surface area contributed by atoms with E-state index in [2.05, 4.69) is 15.5 Å². The number of nitrogens with zero attached hydrogens (tertiary/aromatic N) is 3. The van der Waals surface area contributed by atoms with Gasteiger partial charge in [0.05, 0.1) is 31.2 Å². The second-order valence-corrected chi connectivity index (χ2v) is 5.86. The van der Waals surface area contributed by atoms with Crippen LogP contribution in [0.4, 0.5) is 0 Å². The maximum atomic E-state index is 12.5. The molecule has 0 saturated carbocycles. The molecule has 7 nitrogen and oxygen atoms in total. The first kappa shape index (κ1) is 17.8. The first-order valence-electron chi connectivity index (χ1n) is 7.73. The lowest BCUT2D eigenvalue weighted by Gasteiger charge is -2.07. The van der Waals surface area contributed by atoms with Crippen LogP contribution in [0.2, 0.25) is 5.02 Å². The van der Waals surface area contributed by atoms with E-state index < -0.39 is 5.91 Å². The quantitative estimate of drug-likeness (QED) is 0.551. The number of imidazole rings is 1. The summed E-state index contributed by atoms with van der Waals surface area (Å²) in [6, 6.07) is 8.77. The van der Waals surface area contributed by atoms with Crippen LogP contribution in [-0.4, -0.2) is 35.7 Å². The van der Waals surface area contributed by atoms with E-state index in [1.807, 2.05) is 0 Å². The van der Waals surface area contributed by atoms with Crippen molar-refractivity contribution in [2.75, 3.05) is 14.2 Å². The highest BCUT2D eigenvalue weighted by Crippen LogP contribution is 2.22. The Hall–Kier alpha value is -3.06. The largest absolute Gasteiger partial charge is 0.497 e. The summed E-state index contributed by atoms with van der Waals surface area (Å²) in [5, 5.41) is 4.53. The van der Waals surface area contributed by atoms with Crippen LogP contribution in [0.15, 0.2) is 41.6 Å². The number of hydrogen-bond donors (Lipinski definition) is 1. The number of hydrazone groups is 1. The van der Waals surface area contributed by atoms with Gasteiger partial charge in [0.2, 0.25) is 0 Å². The monoisotopic (exact) mass is 372 g/mol. The standard InChI is InChI=1S/C18H17ClN4O3/c1-11-17(23-10-13(19)4-7-16(23)21-11)18(24)22-20-9-12-8-14(25-2)5-6-15(12)26-3/h4-10H,1-3H3,(H,22,24)/b20-9-. The molecule has 1 N–H and O–H groups in total. The van der Waals surface area contributed by atoms with Gasteiger partial charge in [-0.05, 0) is 37.3 Å². The van der Waals surface area contributed by atoms with Gasteiger partial charge in [-0.15, -0.1) is 0 Å². The Morgan fingerprint density at radius 1 is 1.27 bits per heavy atom. The fourth-order valence-corrected chi connectivity index (χ4v) is 2.72. The summed E-state index contributed by atoms with van der Waals surface area (Å²) < 4.78 is 12.1. The molecule has 0 unspecified atom stereocenters. The van der Waals surface area contributed by atoms with Crippen molar-refractivity contribution in [3.8, 4) is 11.5 Å². The third-order valence-electron chi connectivity index (χ3n) is 3.78. The number of aromatic nitrogens is 2. The molecule has 2 aromatic heterocycles. The van der Waals surface area contributed by atoms with Crippen LogP contribution in [0.3, 0.4) is 0 Å². The van der Waals surface area contributed by atoms with Crippen molar-refractivity contribution in [2.45, 2.75) is 6.92 Å². The molecule has 3 rings (SSSR count). The van der Waals surface area contributed by atoms with Crippen LogP contribution in [0.1, 0.15) is 21.7 Å².